The predicted molar refractivity (Wildman–Crippen MR) is 84.7 cm³/mol. The molecular formula is C12H12N4O3S3. The van der Waals surface area contributed by atoms with Crippen molar-refractivity contribution in [2.75, 3.05) is 0 Å². The smallest absolute Gasteiger partial charge is 0.263 e. The Morgan fingerprint density at radius 3 is 2.91 bits per heavy atom. The van der Waals surface area contributed by atoms with E-state index in [2.05, 4.69) is 10.3 Å². The van der Waals surface area contributed by atoms with Crippen LogP contribution in [0.1, 0.15) is 20.2 Å². The van der Waals surface area contributed by atoms with Gasteiger partial charge in [0.25, 0.3) is 5.91 Å². The zero-order chi connectivity index (χ0) is 15.9. The van der Waals surface area contributed by atoms with E-state index in [0.717, 1.165) is 21.2 Å². The molecule has 3 rings (SSSR count). The highest BCUT2D eigenvalue weighted by Crippen LogP contribution is 2.21. The number of carbonyl (C=O) groups is 1. The lowest BCUT2D eigenvalue weighted by Crippen LogP contribution is -2.25. The van der Waals surface area contributed by atoms with Crippen molar-refractivity contribution >= 4 is 43.6 Å². The summed E-state index contributed by atoms with van der Waals surface area (Å²) in [5, 5.41) is 9.26. The van der Waals surface area contributed by atoms with Gasteiger partial charge in [0.1, 0.15) is 9.77 Å². The fourth-order valence-corrected chi connectivity index (χ4v) is 4.70. The summed E-state index contributed by atoms with van der Waals surface area (Å²) >= 11 is 2.59. The molecule has 116 valence electrons. The van der Waals surface area contributed by atoms with Crippen molar-refractivity contribution in [3.63, 3.8) is 0 Å². The number of aromatic nitrogens is 2. The van der Waals surface area contributed by atoms with Gasteiger partial charge in [-0.3, -0.25) is 9.20 Å². The van der Waals surface area contributed by atoms with E-state index >= 15 is 0 Å². The minimum Gasteiger partial charge on any atom is -0.346 e. The molecule has 0 spiro atoms. The second kappa shape index (κ2) is 5.47. The van der Waals surface area contributed by atoms with Crippen LogP contribution in [0.5, 0.6) is 0 Å². The topological polar surface area (TPSA) is 107 Å². The van der Waals surface area contributed by atoms with Crippen LogP contribution in [-0.4, -0.2) is 23.7 Å². The Morgan fingerprint density at radius 1 is 1.45 bits per heavy atom. The second-order valence-corrected chi connectivity index (χ2v) is 8.26. The molecule has 0 unspecified atom stereocenters. The lowest BCUT2D eigenvalue weighted by molar-refractivity contribution is 0.0951. The number of sulfonamides is 1. The van der Waals surface area contributed by atoms with Crippen molar-refractivity contribution in [3.8, 4) is 0 Å². The Bertz CT molecular complexity index is 920. The van der Waals surface area contributed by atoms with Crippen LogP contribution in [0.15, 0.2) is 28.7 Å². The van der Waals surface area contributed by atoms with E-state index in [4.69, 9.17) is 5.14 Å². The van der Waals surface area contributed by atoms with E-state index in [-0.39, 0.29) is 16.3 Å². The zero-order valence-electron chi connectivity index (χ0n) is 11.4. The fraction of sp³-hybridized carbons (Fsp3) is 0.167. The summed E-state index contributed by atoms with van der Waals surface area (Å²) in [4.78, 5) is 18.4. The Hall–Kier alpha value is -1.75. The SMILES string of the molecule is Cc1cn2cc(CNC(=O)c3sccc3S(N)(=O)=O)nc2s1. The molecule has 0 fully saturated rings. The minimum absolute atomic E-state index is 0.0827. The number of aryl methyl sites for hydroxylation is 1. The van der Waals surface area contributed by atoms with Crippen molar-refractivity contribution in [3.05, 3.63) is 39.3 Å². The van der Waals surface area contributed by atoms with Gasteiger partial charge in [-0.25, -0.2) is 18.5 Å². The van der Waals surface area contributed by atoms with E-state index < -0.39 is 15.9 Å². The molecule has 0 aliphatic rings. The van der Waals surface area contributed by atoms with Gasteiger partial charge < -0.3 is 5.32 Å². The Balaban J connectivity index is 1.75. The Morgan fingerprint density at radius 2 is 2.23 bits per heavy atom. The molecular weight excluding hydrogens is 344 g/mol. The minimum atomic E-state index is -3.90. The molecule has 22 heavy (non-hydrogen) atoms. The molecule has 1 amide bonds. The van der Waals surface area contributed by atoms with Crippen LogP contribution in [-0.2, 0) is 16.6 Å². The molecule has 0 saturated heterocycles. The van der Waals surface area contributed by atoms with Gasteiger partial charge in [-0.05, 0) is 18.4 Å². The molecule has 0 aliphatic heterocycles. The first-order valence-electron chi connectivity index (χ1n) is 6.17. The van der Waals surface area contributed by atoms with Gasteiger partial charge in [-0.1, -0.05) is 0 Å². The number of thiazole rings is 1. The molecule has 3 aromatic rings. The lowest BCUT2D eigenvalue weighted by Gasteiger charge is -2.03. The van der Waals surface area contributed by atoms with Crippen LogP contribution in [0, 0.1) is 6.92 Å². The first kappa shape index (κ1) is 15.2. The average molecular weight is 356 g/mol. The molecule has 0 atom stereocenters. The normalized spacial score (nSPS) is 11.9. The number of nitrogens with one attached hydrogen (secondary N) is 1. The monoisotopic (exact) mass is 356 g/mol. The predicted octanol–water partition coefficient (Wildman–Crippen LogP) is 1.34. The van der Waals surface area contributed by atoms with Crippen molar-refractivity contribution in [2.24, 2.45) is 5.14 Å². The molecule has 0 aliphatic carbocycles. The lowest BCUT2D eigenvalue weighted by atomic mass is 10.4. The molecule has 0 radical (unpaired) electrons. The number of fused-ring (bicyclic) bond motifs is 1. The van der Waals surface area contributed by atoms with Crippen LogP contribution in [0.4, 0.5) is 0 Å². The van der Waals surface area contributed by atoms with Gasteiger partial charge in [0.15, 0.2) is 4.96 Å². The number of nitrogens with two attached hydrogens (primary N) is 1. The van der Waals surface area contributed by atoms with Crippen LogP contribution in [0.25, 0.3) is 4.96 Å². The highest BCUT2D eigenvalue weighted by Gasteiger charge is 2.20. The average Bonchev–Trinajstić information content (AvgIpc) is 3.07. The van der Waals surface area contributed by atoms with Crippen LogP contribution in [0.2, 0.25) is 0 Å². The number of nitrogens with zero attached hydrogens (tertiary/aromatic N) is 2. The van der Waals surface area contributed by atoms with Gasteiger partial charge in [-0.15, -0.1) is 22.7 Å². The summed E-state index contributed by atoms with van der Waals surface area (Å²) in [6, 6.07) is 1.32. The quantitative estimate of drug-likeness (QED) is 0.735. The summed E-state index contributed by atoms with van der Waals surface area (Å²) in [6.07, 6.45) is 3.78. The number of primary sulfonamides is 1. The van der Waals surface area contributed by atoms with E-state index in [1.54, 1.807) is 11.3 Å². The van der Waals surface area contributed by atoms with Gasteiger partial charge in [0, 0.05) is 17.3 Å². The summed E-state index contributed by atoms with van der Waals surface area (Å²) in [5.41, 5.74) is 0.702. The summed E-state index contributed by atoms with van der Waals surface area (Å²) in [7, 11) is -3.90. The number of thiophene rings is 1. The Kier molecular flexibility index (Phi) is 3.77. The van der Waals surface area contributed by atoms with Crippen molar-refractivity contribution in [1.29, 1.82) is 0 Å². The first-order valence-corrected chi connectivity index (χ1v) is 9.41. The third kappa shape index (κ3) is 2.90. The molecule has 3 N–H and O–H groups in total. The maximum Gasteiger partial charge on any atom is 0.263 e. The molecule has 0 saturated carbocycles. The standard InChI is InChI=1S/C12H12N4O3S3/c1-7-5-16-6-8(15-12(16)21-7)4-14-11(17)10-9(2-3-20-10)22(13,18)19/h2-3,5-6H,4H2,1H3,(H,14,17)(H2,13,18,19). The zero-order valence-corrected chi connectivity index (χ0v) is 13.9. The third-order valence-corrected chi connectivity index (χ3v) is 5.80. The van der Waals surface area contributed by atoms with E-state index in [1.165, 1.54) is 11.4 Å². The van der Waals surface area contributed by atoms with Crippen LogP contribution >= 0.6 is 22.7 Å². The fourth-order valence-electron chi connectivity index (χ4n) is 1.98. The first-order chi connectivity index (χ1) is 10.3. The third-order valence-electron chi connectivity index (χ3n) is 2.89. The number of imidazole rings is 1. The van der Waals surface area contributed by atoms with E-state index in [1.807, 2.05) is 23.7 Å². The summed E-state index contributed by atoms with van der Waals surface area (Å²) in [6.45, 7) is 2.21. The van der Waals surface area contributed by atoms with Crippen LogP contribution < -0.4 is 10.5 Å². The maximum atomic E-state index is 12.1. The summed E-state index contributed by atoms with van der Waals surface area (Å²) < 4.78 is 24.7. The van der Waals surface area contributed by atoms with E-state index in [0.29, 0.717) is 5.69 Å². The highest BCUT2D eigenvalue weighted by molar-refractivity contribution is 7.89. The maximum absolute atomic E-state index is 12.1. The molecule has 3 aromatic heterocycles. The van der Waals surface area contributed by atoms with Gasteiger partial charge in [0.05, 0.1) is 12.2 Å². The van der Waals surface area contributed by atoms with Crippen LogP contribution in [0.3, 0.4) is 0 Å². The molecule has 3 heterocycles. The van der Waals surface area contributed by atoms with Crippen molar-refractivity contribution < 1.29 is 13.2 Å². The molecule has 0 aromatic carbocycles. The number of carbonyl (C=O) groups excluding carboxylic acids is 1. The second-order valence-electron chi connectivity index (χ2n) is 4.61. The van der Waals surface area contributed by atoms with Gasteiger partial charge in [-0.2, -0.15) is 0 Å². The highest BCUT2D eigenvalue weighted by atomic mass is 32.2. The van der Waals surface area contributed by atoms with Gasteiger partial charge >= 0.3 is 0 Å². The largest absolute Gasteiger partial charge is 0.346 e. The summed E-state index contributed by atoms with van der Waals surface area (Å²) in [5.74, 6) is -0.480. The Labute approximate surface area is 134 Å². The number of hydrogen-bond acceptors (Lipinski definition) is 6. The number of rotatable bonds is 4. The van der Waals surface area contributed by atoms with Crippen molar-refractivity contribution in [2.45, 2.75) is 18.4 Å². The van der Waals surface area contributed by atoms with E-state index in [9.17, 15) is 13.2 Å². The molecule has 7 nitrogen and oxygen atoms in total. The molecule has 0 bridgehead atoms. The number of hydrogen-bond donors (Lipinski definition) is 2. The number of amides is 1. The van der Waals surface area contributed by atoms with Gasteiger partial charge in [0.2, 0.25) is 10.0 Å². The van der Waals surface area contributed by atoms with Crippen molar-refractivity contribution in [1.82, 2.24) is 14.7 Å². The molecule has 10 heteroatoms.